The fraction of sp³-hybridized carbons (Fsp3) is 1.00. The van der Waals surface area contributed by atoms with Crippen LogP contribution in [0.1, 0.15) is 26.7 Å². The third-order valence-corrected chi connectivity index (χ3v) is 2.57. The molecule has 1 atom stereocenters. The van der Waals surface area contributed by atoms with Crippen LogP contribution in [-0.2, 0) is 0 Å². The van der Waals surface area contributed by atoms with E-state index in [1.165, 1.54) is 39.0 Å². The van der Waals surface area contributed by atoms with Crippen molar-refractivity contribution in [2.24, 2.45) is 0 Å². The normalized spacial score (nSPS) is 29.5. The summed E-state index contributed by atoms with van der Waals surface area (Å²) in [4.78, 5) is 2.57. The lowest BCUT2D eigenvalue weighted by Gasteiger charge is -2.30. The first-order valence-electron chi connectivity index (χ1n) is 4.79. The van der Waals surface area contributed by atoms with Crippen LogP contribution in [0.25, 0.3) is 0 Å². The summed E-state index contributed by atoms with van der Waals surface area (Å²) in [7, 11) is 0. The van der Waals surface area contributed by atoms with Gasteiger partial charge in [-0.15, -0.1) is 0 Å². The number of hydrogen-bond acceptors (Lipinski definition) is 2. The third-order valence-electron chi connectivity index (χ3n) is 2.57. The van der Waals surface area contributed by atoms with Crippen LogP contribution in [0, 0.1) is 0 Å². The van der Waals surface area contributed by atoms with Crippen molar-refractivity contribution < 1.29 is 0 Å². The van der Waals surface area contributed by atoms with Gasteiger partial charge in [0.2, 0.25) is 0 Å². The quantitative estimate of drug-likeness (QED) is 0.611. The Balaban J connectivity index is 2.33. The molecule has 1 aliphatic heterocycles. The molecule has 1 aliphatic rings. The molecule has 0 aromatic rings. The van der Waals surface area contributed by atoms with Gasteiger partial charge in [-0.05, 0) is 45.9 Å². The smallest absolute Gasteiger partial charge is 0.00789 e. The van der Waals surface area contributed by atoms with Gasteiger partial charge in [0.15, 0.2) is 0 Å². The van der Waals surface area contributed by atoms with E-state index in [-0.39, 0.29) is 0 Å². The van der Waals surface area contributed by atoms with E-state index < -0.39 is 0 Å². The molecular weight excluding hydrogens is 136 g/mol. The van der Waals surface area contributed by atoms with Crippen molar-refractivity contribution >= 4 is 0 Å². The Hall–Kier alpha value is -0.0800. The maximum absolute atomic E-state index is 3.44. The largest absolute Gasteiger partial charge is 0.317 e. The summed E-state index contributed by atoms with van der Waals surface area (Å²) in [5.74, 6) is 0. The number of nitrogens with one attached hydrogen (secondary N) is 1. The molecule has 0 aromatic heterocycles. The van der Waals surface area contributed by atoms with Crippen LogP contribution in [-0.4, -0.2) is 37.1 Å². The zero-order valence-electron chi connectivity index (χ0n) is 7.77. The Morgan fingerprint density at radius 2 is 2.27 bits per heavy atom. The Morgan fingerprint density at radius 3 is 3.00 bits per heavy atom. The highest BCUT2D eigenvalue weighted by Gasteiger charge is 2.12. The molecule has 0 radical (unpaired) electrons. The lowest BCUT2D eigenvalue weighted by atomic mass is 10.1. The molecule has 11 heavy (non-hydrogen) atoms. The molecule has 0 saturated carbocycles. The maximum atomic E-state index is 3.44. The van der Waals surface area contributed by atoms with E-state index >= 15 is 0 Å². The SMILES string of the molecule is CCN1CCCNCCC1C. The molecule has 1 N–H and O–H groups in total. The number of hydrogen-bond donors (Lipinski definition) is 1. The monoisotopic (exact) mass is 156 g/mol. The molecule has 1 fully saturated rings. The minimum absolute atomic E-state index is 0.771. The van der Waals surface area contributed by atoms with Crippen LogP contribution in [0.5, 0.6) is 0 Å². The van der Waals surface area contributed by atoms with E-state index in [1.54, 1.807) is 0 Å². The summed E-state index contributed by atoms with van der Waals surface area (Å²) >= 11 is 0. The Labute approximate surface area is 70.0 Å². The summed E-state index contributed by atoms with van der Waals surface area (Å²) < 4.78 is 0. The van der Waals surface area contributed by atoms with Gasteiger partial charge >= 0.3 is 0 Å². The Bertz CT molecular complexity index is 104. The van der Waals surface area contributed by atoms with Crippen molar-refractivity contribution in [3.63, 3.8) is 0 Å². The molecule has 1 heterocycles. The highest BCUT2D eigenvalue weighted by atomic mass is 15.1. The molecule has 0 amide bonds. The van der Waals surface area contributed by atoms with E-state index in [4.69, 9.17) is 0 Å². The molecule has 0 aromatic carbocycles. The molecule has 0 spiro atoms. The lowest BCUT2D eigenvalue weighted by molar-refractivity contribution is 0.195. The van der Waals surface area contributed by atoms with Gasteiger partial charge in [0.05, 0.1) is 0 Å². The van der Waals surface area contributed by atoms with E-state index in [1.807, 2.05) is 0 Å². The molecule has 66 valence electrons. The molecule has 1 saturated heterocycles. The van der Waals surface area contributed by atoms with Crippen LogP contribution in [0.2, 0.25) is 0 Å². The molecule has 1 rings (SSSR count). The predicted molar refractivity (Wildman–Crippen MR) is 48.8 cm³/mol. The fourth-order valence-corrected chi connectivity index (χ4v) is 1.72. The minimum atomic E-state index is 0.771. The maximum Gasteiger partial charge on any atom is 0.00789 e. The average Bonchev–Trinajstić information content (AvgIpc) is 1.98. The number of rotatable bonds is 1. The lowest BCUT2D eigenvalue weighted by Crippen LogP contribution is -2.39. The second kappa shape index (κ2) is 4.73. The molecule has 0 bridgehead atoms. The van der Waals surface area contributed by atoms with Gasteiger partial charge in [-0.25, -0.2) is 0 Å². The topological polar surface area (TPSA) is 15.3 Å². The Morgan fingerprint density at radius 1 is 1.45 bits per heavy atom. The van der Waals surface area contributed by atoms with Crippen molar-refractivity contribution in [1.82, 2.24) is 10.2 Å². The van der Waals surface area contributed by atoms with Gasteiger partial charge in [0.1, 0.15) is 0 Å². The van der Waals surface area contributed by atoms with Crippen molar-refractivity contribution in [1.29, 1.82) is 0 Å². The summed E-state index contributed by atoms with van der Waals surface area (Å²) in [5, 5.41) is 3.44. The second-order valence-electron chi connectivity index (χ2n) is 3.37. The fourth-order valence-electron chi connectivity index (χ4n) is 1.72. The van der Waals surface area contributed by atoms with Gasteiger partial charge in [-0.1, -0.05) is 6.92 Å². The highest BCUT2D eigenvalue weighted by Crippen LogP contribution is 2.05. The molecule has 1 unspecified atom stereocenters. The van der Waals surface area contributed by atoms with Crippen molar-refractivity contribution in [2.45, 2.75) is 32.7 Å². The van der Waals surface area contributed by atoms with Crippen LogP contribution >= 0.6 is 0 Å². The van der Waals surface area contributed by atoms with E-state index in [0.29, 0.717) is 0 Å². The van der Waals surface area contributed by atoms with Gasteiger partial charge in [0.25, 0.3) is 0 Å². The standard InChI is InChI=1S/C9H20N2/c1-3-11-8-4-6-10-7-5-9(11)2/h9-10H,3-8H2,1-2H3. The first-order valence-corrected chi connectivity index (χ1v) is 4.79. The van der Waals surface area contributed by atoms with Crippen LogP contribution in [0.4, 0.5) is 0 Å². The van der Waals surface area contributed by atoms with Crippen LogP contribution in [0.15, 0.2) is 0 Å². The van der Waals surface area contributed by atoms with E-state index in [9.17, 15) is 0 Å². The zero-order chi connectivity index (χ0) is 8.10. The third kappa shape index (κ3) is 2.80. The van der Waals surface area contributed by atoms with Gasteiger partial charge in [0, 0.05) is 6.04 Å². The van der Waals surface area contributed by atoms with Crippen molar-refractivity contribution in [3.8, 4) is 0 Å². The first-order chi connectivity index (χ1) is 5.34. The summed E-state index contributed by atoms with van der Waals surface area (Å²) in [5.41, 5.74) is 0. The predicted octanol–water partition coefficient (Wildman–Crippen LogP) is 1.08. The Kier molecular flexibility index (Phi) is 3.87. The molecular formula is C9H20N2. The van der Waals surface area contributed by atoms with E-state index in [2.05, 4.69) is 24.1 Å². The van der Waals surface area contributed by atoms with Crippen molar-refractivity contribution in [2.75, 3.05) is 26.2 Å². The molecule has 2 nitrogen and oxygen atoms in total. The average molecular weight is 156 g/mol. The van der Waals surface area contributed by atoms with Gasteiger partial charge < -0.3 is 10.2 Å². The highest BCUT2D eigenvalue weighted by molar-refractivity contribution is 4.70. The number of nitrogens with zero attached hydrogens (tertiary/aromatic N) is 1. The first kappa shape index (κ1) is 9.01. The second-order valence-corrected chi connectivity index (χ2v) is 3.37. The summed E-state index contributed by atoms with van der Waals surface area (Å²) in [6.07, 6.45) is 2.60. The zero-order valence-corrected chi connectivity index (χ0v) is 7.77. The van der Waals surface area contributed by atoms with Crippen molar-refractivity contribution in [3.05, 3.63) is 0 Å². The van der Waals surface area contributed by atoms with Crippen LogP contribution < -0.4 is 5.32 Å². The minimum Gasteiger partial charge on any atom is -0.317 e. The molecule has 0 aliphatic carbocycles. The van der Waals surface area contributed by atoms with E-state index in [0.717, 1.165) is 6.04 Å². The van der Waals surface area contributed by atoms with Gasteiger partial charge in [-0.3, -0.25) is 0 Å². The summed E-state index contributed by atoms with van der Waals surface area (Å²) in [6, 6.07) is 0.771. The van der Waals surface area contributed by atoms with Crippen LogP contribution in [0.3, 0.4) is 0 Å². The summed E-state index contributed by atoms with van der Waals surface area (Å²) in [6.45, 7) is 9.45. The van der Waals surface area contributed by atoms with Gasteiger partial charge in [-0.2, -0.15) is 0 Å². The molecule has 2 heteroatoms.